The quantitative estimate of drug-likeness (QED) is 0.311. The van der Waals surface area contributed by atoms with E-state index in [-0.39, 0.29) is 5.91 Å². The van der Waals surface area contributed by atoms with Crippen molar-refractivity contribution in [3.8, 4) is 16.9 Å². The summed E-state index contributed by atoms with van der Waals surface area (Å²) in [5.74, 6) is 0.911. The molecule has 0 atom stereocenters. The maximum Gasteiger partial charge on any atom is 0.257 e. The molecule has 1 fully saturated rings. The molecule has 0 spiro atoms. The number of rotatable bonds is 6. The average molecular weight is 503 g/mol. The van der Waals surface area contributed by atoms with Gasteiger partial charge in [-0.1, -0.05) is 74.0 Å². The molecule has 190 valence electrons. The van der Waals surface area contributed by atoms with Crippen LogP contribution < -0.4 is 4.90 Å². The molecule has 7 nitrogen and oxygen atoms in total. The van der Waals surface area contributed by atoms with E-state index in [2.05, 4.69) is 29.1 Å². The van der Waals surface area contributed by atoms with Crippen LogP contribution in [0.2, 0.25) is 0 Å². The first-order chi connectivity index (χ1) is 18.7. The van der Waals surface area contributed by atoms with E-state index in [0.717, 1.165) is 52.3 Å². The Bertz CT molecular complexity index is 1560. The second-order valence-corrected chi connectivity index (χ2v) is 9.53. The van der Waals surface area contributed by atoms with Crippen molar-refractivity contribution >= 4 is 22.8 Å². The number of para-hydroxylation sites is 3. The van der Waals surface area contributed by atoms with E-state index in [9.17, 15) is 4.79 Å². The number of benzene rings is 3. The second kappa shape index (κ2) is 10.5. The largest absolute Gasteiger partial charge is 0.351 e. The van der Waals surface area contributed by atoms with E-state index in [1.807, 2.05) is 82.4 Å². The Morgan fingerprint density at radius 2 is 1.42 bits per heavy atom. The molecule has 0 N–H and O–H groups in total. The van der Waals surface area contributed by atoms with Crippen molar-refractivity contribution in [1.82, 2.24) is 24.6 Å². The third kappa shape index (κ3) is 4.52. The summed E-state index contributed by atoms with van der Waals surface area (Å²) < 4.78 is 1.91. The van der Waals surface area contributed by atoms with E-state index < -0.39 is 0 Å². The van der Waals surface area contributed by atoms with Gasteiger partial charge >= 0.3 is 0 Å². The minimum absolute atomic E-state index is 0.0446. The van der Waals surface area contributed by atoms with Crippen molar-refractivity contribution in [2.24, 2.45) is 0 Å². The summed E-state index contributed by atoms with van der Waals surface area (Å²) in [7, 11) is 0. The first-order valence-electron chi connectivity index (χ1n) is 13.2. The number of fused-ring (bicyclic) bond motifs is 1. The van der Waals surface area contributed by atoms with E-state index in [4.69, 9.17) is 9.97 Å². The molecule has 7 heteroatoms. The van der Waals surface area contributed by atoms with Gasteiger partial charge in [0.1, 0.15) is 5.69 Å². The van der Waals surface area contributed by atoms with Gasteiger partial charge in [0.2, 0.25) is 0 Å². The lowest BCUT2D eigenvalue weighted by atomic mass is 10.1. The van der Waals surface area contributed by atoms with E-state index in [0.29, 0.717) is 31.7 Å². The molecule has 1 saturated heterocycles. The number of amides is 1. The third-order valence-corrected chi connectivity index (χ3v) is 7.05. The van der Waals surface area contributed by atoms with Gasteiger partial charge in [0, 0.05) is 31.7 Å². The Kier molecular flexibility index (Phi) is 6.56. The molecule has 0 saturated carbocycles. The highest BCUT2D eigenvalue weighted by Crippen LogP contribution is 2.30. The standard InChI is InChI=1S/C31H30N6O/c1-2-11-28-25(22-32-37(28)24-14-7-4-8-15-24)31(38)36-20-18-35(19-21-36)30-29(23-12-5-3-6-13-23)33-26-16-9-10-17-27(26)34-30/h3-10,12-17,22H,2,11,18-21H2,1H3. The zero-order valence-corrected chi connectivity index (χ0v) is 21.5. The number of nitrogens with zero attached hydrogens (tertiary/aromatic N) is 6. The number of hydrogen-bond donors (Lipinski definition) is 0. The van der Waals surface area contributed by atoms with Gasteiger partial charge in [-0.05, 0) is 30.7 Å². The summed E-state index contributed by atoms with van der Waals surface area (Å²) in [5, 5.41) is 4.60. The number of carbonyl (C=O) groups excluding carboxylic acids is 1. The Morgan fingerprint density at radius 3 is 2.11 bits per heavy atom. The Labute approximate surface area is 222 Å². The summed E-state index contributed by atoms with van der Waals surface area (Å²) in [5.41, 5.74) is 6.30. The molecule has 0 bridgehead atoms. The van der Waals surface area contributed by atoms with Crippen LogP contribution in [-0.4, -0.2) is 56.7 Å². The molecule has 0 radical (unpaired) electrons. The molecule has 1 amide bonds. The highest BCUT2D eigenvalue weighted by atomic mass is 16.2. The second-order valence-electron chi connectivity index (χ2n) is 9.53. The molecule has 6 rings (SSSR count). The maximum atomic E-state index is 13.7. The molecule has 3 aromatic carbocycles. The fraction of sp³-hybridized carbons (Fsp3) is 0.226. The van der Waals surface area contributed by atoms with Crippen LogP contribution in [0.15, 0.2) is 91.1 Å². The first kappa shape index (κ1) is 23.9. The minimum atomic E-state index is 0.0446. The van der Waals surface area contributed by atoms with Crippen LogP contribution in [0.4, 0.5) is 5.82 Å². The Hall–Kier alpha value is -4.52. The minimum Gasteiger partial charge on any atom is -0.351 e. The molecule has 2 aromatic heterocycles. The zero-order chi connectivity index (χ0) is 25.9. The number of piperazine rings is 1. The molecule has 5 aromatic rings. The summed E-state index contributed by atoms with van der Waals surface area (Å²) in [4.78, 5) is 27.9. The van der Waals surface area contributed by atoms with E-state index >= 15 is 0 Å². The van der Waals surface area contributed by atoms with Crippen LogP contribution in [0, 0.1) is 0 Å². The molecule has 1 aliphatic heterocycles. The van der Waals surface area contributed by atoms with Crippen molar-refractivity contribution in [1.29, 1.82) is 0 Å². The molecule has 0 unspecified atom stereocenters. The van der Waals surface area contributed by atoms with E-state index in [1.165, 1.54) is 0 Å². The van der Waals surface area contributed by atoms with Gasteiger partial charge in [-0.25, -0.2) is 14.6 Å². The maximum absolute atomic E-state index is 13.7. The summed E-state index contributed by atoms with van der Waals surface area (Å²) in [6.07, 6.45) is 3.47. The van der Waals surface area contributed by atoms with Gasteiger partial charge in [0.25, 0.3) is 5.91 Å². The van der Waals surface area contributed by atoms with Crippen LogP contribution in [0.5, 0.6) is 0 Å². The molecule has 38 heavy (non-hydrogen) atoms. The SMILES string of the molecule is CCCc1c(C(=O)N2CCN(c3nc4ccccc4nc3-c3ccccc3)CC2)cnn1-c1ccccc1. The van der Waals surface area contributed by atoms with Crippen LogP contribution in [0.3, 0.4) is 0 Å². The van der Waals surface area contributed by atoms with Gasteiger partial charge in [0.15, 0.2) is 5.82 Å². The fourth-order valence-electron chi connectivity index (χ4n) is 5.11. The van der Waals surface area contributed by atoms with E-state index in [1.54, 1.807) is 6.20 Å². The lowest BCUT2D eigenvalue weighted by Crippen LogP contribution is -2.49. The van der Waals surface area contributed by atoms with Gasteiger partial charge in [-0.2, -0.15) is 5.10 Å². The monoisotopic (exact) mass is 502 g/mol. The lowest BCUT2D eigenvalue weighted by molar-refractivity contribution is 0.0745. The number of hydrogen-bond acceptors (Lipinski definition) is 5. The van der Waals surface area contributed by atoms with Crippen LogP contribution in [-0.2, 0) is 6.42 Å². The topological polar surface area (TPSA) is 67.2 Å². The Morgan fingerprint density at radius 1 is 0.789 bits per heavy atom. The van der Waals surface area contributed by atoms with Gasteiger partial charge in [-0.15, -0.1) is 0 Å². The van der Waals surface area contributed by atoms with Crippen molar-refractivity contribution in [3.63, 3.8) is 0 Å². The van der Waals surface area contributed by atoms with Crippen LogP contribution in [0.1, 0.15) is 29.4 Å². The Balaban J connectivity index is 1.26. The van der Waals surface area contributed by atoms with Crippen molar-refractivity contribution < 1.29 is 4.79 Å². The van der Waals surface area contributed by atoms with Gasteiger partial charge in [-0.3, -0.25) is 4.79 Å². The van der Waals surface area contributed by atoms with Crippen LogP contribution >= 0.6 is 0 Å². The number of aromatic nitrogens is 4. The first-order valence-corrected chi connectivity index (χ1v) is 13.2. The highest BCUT2D eigenvalue weighted by Gasteiger charge is 2.28. The van der Waals surface area contributed by atoms with Crippen molar-refractivity contribution in [2.45, 2.75) is 19.8 Å². The zero-order valence-electron chi connectivity index (χ0n) is 21.5. The molecule has 0 aliphatic carbocycles. The summed E-state index contributed by atoms with van der Waals surface area (Å²) in [6.45, 7) is 4.74. The highest BCUT2D eigenvalue weighted by molar-refractivity contribution is 5.95. The van der Waals surface area contributed by atoms with Crippen LogP contribution in [0.25, 0.3) is 28.0 Å². The number of anilines is 1. The average Bonchev–Trinajstić information content (AvgIpc) is 3.41. The molecule has 3 heterocycles. The van der Waals surface area contributed by atoms with Gasteiger partial charge in [0.05, 0.1) is 34.2 Å². The summed E-state index contributed by atoms with van der Waals surface area (Å²) in [6, 6.07) is 28.2. The third-order valence-electron chi connectivity index (χ3n) is 7.05. The normalized spacial score (nSPS) is 13.7. The molecular formula is C31H30N6O. The molecular weight excluding hydrogens is 472 g/mol. The molecule has 1 aliphatic rings. The smallest absolute Gasteiger partial charge is 0.257 e. The number of carbonyl (C=O) groups is 1. The van der Waals surface area contributed by atoms with Gasteiger partial charge < -0.3 is 9.80 Å². The summed E-state index contributed by atoms with van der Waals surface area (Å²) >= 11 is 0. The predicted molar refractivity (Wildman–Crippen MR) is 151 cm³/mol. The predicted octanol–water partition coefficient (Wildman–Crippen LogP) is 5.40. The van der Waals surface area contributed by atoms with Crippen molar-refractivity contribution in [3.05, 3.63) is 102 Å². The lowest BCUT2D eigenvalue weighted by Gasteiger charge is -2.36. The van der Waals surface area contributed by atoms with Crippen molar-refractivity contribution in [2.75, 3.05) is 31.1 Å². The fourth-order valence-corrected chi connectivity index (χ4v) is 5.11.